The second-order valence-corrected chi connectivity index (χ2v) is 7.82. The van der Waals surface area contributed by atoms with Crippen LogP contribution in [0.5, 0.6) is 0 Å². The van der Waals surface area contributed by atoms with Crippen molar-refractivity contribution in [2.75, 3.05) is 14.2 Å². The molecule has 2 fully saturated rings. The molecular weight excluding hydrogens is 365 g/mol. The fourth-order valence-electron chi connectivity index (χ4n) is 3.95. The molecule has 2 heterocycles. The van der Waals surface area contributed by atoms with E-state index < -0.39 is 0 Å². The summed E-state index contributed by atoms with van der Waals surface area (Å²) in [6, 6.07) is 11.3. The fraction of sp³-hybridized carbons (Fsp3) is 0.562. The molecule has 0 amide bonds. The van der Waals surface area contributed by atoms with Crippen LogP contribution in [0.4, 0.5) is 0 Å². The number of carbonyl (C=O) groups excluding carboxylic acids is 1. The molecule has 20 heavy (non-hydrogen) atoms. The van der Waals surface area contributed by atoms with Crippen LogP contribution in [0.3, 0.4) is 0 Å². The van der Waals surface area contributed by atoms with Crippen LogP contribution >= 0.6 is 22.6 Å². The molecule has 0 radical (unpaired) electrons. The van der Waals surface area contributed by atoms with Crippen molar-refractivity contribution in [1.82, 2.24) is 4.90 Å². The lowest BCUT2D eigenvalue weighted by atomic mass is 9.76. The number of rotatable bonds is 2. The predicted octanol–water partition coefficient (Wildman–Crippen LogP) is 2.97. The molecule has 4 atom stereocenters. The van der Waals surface area contributed by atoms with Gasteiger partial charge in [0.2, 0.25) is 0 Å². The van der Waals surface area contributed by atoms with Crippen molar-refractivity contribution < 1.29 is 9.53 Å². The molecule has 2 unspecified atom stereocenters. The summed E-state index contributed by atoms with van der Waals surface area (Å²) in [6.07, 6.45) is 3.30. The second kappa shape index (κ2) is 5.30. The van der Waals surface area contributed by atoms with E-state index in [0.717, 1.165) is 12.8 Å². The van der Waals surface area contributed by atoms with Gasteiger partial charge in [-0.05, 0) is 31.9 Å². The maximum Gasteiger partial charge on any atom is 0.311 e. The van der Waals surface area contributed by atoms with E-state index in [9.17, 15) is 4.79 Å². The van der Waals surface area contributed by atoms with Crippen molar-refractivity contribution in [1.29, 1.82) is 0 Å². The Balaban J connectivity index is 2.06. The number of ether oxygens (including phenoxy) is 1. The van der Waals surface area contributed by atoms with Gasteiger partial charge in [0.05, 0.1) is 16.4 Å². The quantitative estimate of drug-likeness (QED) is 0.446. The highest BCUT2D eigenvalue weighted by atomic mass is 127. The number of fused-ring (bicyclic) bond motifs is 2. The molecule has 0 aromatic heterocycles. The van der Waals surface area contributed by atoms with Crippen LogP contribution in [0.1, 0.15) is 24.8 Å². The highest BCUT2D eigenvalue weighted by Crippen LogP contribution is 2.54. The molecule has 1 aromatic carbocycles. The molecular formula is C16H20INO2. The maximum absolute atomic E-state index is 12.4. The van der Waals surface area contributed by atoms with Crippen LogP contribution < -0.4 is 0 Å². The topological polar surface area (TPSA) is 29.5 Å². The van der Waals surface area contributed by atoms with Gasteiger partial charge in [-0.1, -0.05) is 52.9 Å². The number of hydrogen-bond acceptors (Lipinski definition) is 3. The lowest BCUT2D eigenvalue weighted by Gasteiger charge is -2.47. The van der Waals surface area contributed by atoms with Crippen molar-refractivity contribution in [3.63, 3.8) is 0 Å². The summed E-state index contributed by atoms with van der Waals surface area (Å²) in [5.74, 6) is -0.153. The van der Waals surface area contributed by atoms with Gasteiger partial charge >= 0.3 is 5.97 Å². The molecule has 0 spiro atoms. The van der Waals surface area contributed by atoms with Crippen LogP contribution in [-0.4, -0.2) is 37.1 Å². The number of piperidine rings is 1. The standard InChI is InChI=1S/C16H20INO2/c1-18-12-8-9-13(18)14(15(19)20-2)16(17,10-12)11-6-4-3-5-7-11/h3-7,12-14H,8-10H2,1-2H3/t12?,13?,14-,16-/m1/s1. The Labute approximate surface area is 133 Å². The van der Waals surface area contributed by atoms with Crippen molar-refractivity contribution in [2.24, 2.45) is 5.92 Å². The van der Waals surface area contributed by atoms with Crippen LogP contribution in [0.15, 0.2) is 30.3 Å². The zero-order valence-corrected chi connectivity index (χ0v) is 14.0. The van der Waals surface area contributed by atoms with E-state index in [2.05, 4.69) is 58.8 Å². The zero-order chi connectivity index (χ0) is 14.3. The number of hydrogen-bond donors (Lipinski definition) is 0. The van der Waals surface area contributed by atoms with Gasteiger partial charge in [-0.3, -0.25) is 9.69 Å². The van der Waals surface area contributed by atoms with Crippen LogP contribution in [-0.2, 0) is 13.0 Å². The lowest BCUT2D eigenvalue weighted by Crippen LogP contribution is -2.55. The third-order valence-corrected chi connectivity index (χ3v) is 6.75. The van der Waals surface area contributed by atoms with E-state index in [1.165, 1.54) is 19.1 Å². The Morgan fingerprint density at radius 2 is 2.05 bits per heavy atom. The average molecular weight is 385 g/mol. The Hall–Kier alpha value is -0.620. The van der Waals surface area contributed by atoms with E-state index >= 15 is 0 Å². The molecule has 0 N–H and O–H groups in total. The third kappa shape index (κ3) is 2.08. The summed E-state index contributed by atoms with van der Waals surface area (Å²) < 4.78 is 4.99. The maximum atomic E-state index is 12.4. The SMILES string of the molecule is COC(=O)[C@H]1C2CCC(C[C@@]1(I)c1ccccc1)N2C. The van der Waals surface area contributed by atoms with Crippen molar-refractivity contribution >= 4 is 28.6 Å². The number of nitrogens with zero attached hydrogens (tertiary/aromatic N) is 1. The smallest absolute Gasteiger partial charge is 0.311 e. The van der Waals surface area contributed by atoms with E-state index in [1.807, 2.05) is 6.07 Å². The molecule has 2 aliphatic rings. The number of benzene rings is 1. The van der Waals surface area contributed by atoms with Gasteiger partial charge in [0.15, 0.2) is 0 Å². The van der Waals surface area contributed by atoms with Gasteiger partial charge in [0.1, 0.15) is 0 Å². The number of alkyl halides is 1. The number of methoxy groups -OCH3 is 1. The Morgan fingerprint density at radius 3 is 2.70 bits per heavy atom. The van der Waals surface area contributed by atoms with Crippen molar-refractivity contribution in [3.05, 3.63) is 35.9 Å². The molecule has 0 saturated carbocycles. The summed E-state index contributed by atoms with van der Waals surface area (Å²) in [6.45, 7) is 0. The molecule has 3 nitrogen and oxygen atoms in total. The van der Waals surface area contributed by atoms with Gasteiger partial charge in [0.25, 0.3) is 0 Å². The summed E-state index contributed by atoms with van der Waals surface area (Å²) in [4.78, 5) is 14.8. The largest absolute Gasteiger partial charge is 0.469 e. The van der Waals surface area contributed by atoms with Gasteiger partial charge < -0.3 is 4.74 Å². The van der Waals surface area contributed by atoms with Crippen molar-refractivity contribution in [3.8, 4) is 0 Å². The van der Waals surface area contributed by atoms with E-state index in [0.29, 0.717) is 12.1 Å². The number of halogens is 1. The highest BCUT2D eigenvalue weighted by molar-refractivity contribution is 14.1. The molecule has 2 saturated heterocycles. The molecule has 0 aliphatic carbocycles. The summed E-state index contributed by atoms with van der Waals surface area (Å²) in [7, 11) is 3.66. The normalized spacial score (nSPS) is 36.9. The summed E-state index contributed by atoms with van der Waals surface area (Å²) in [5, 5.41) is 0. The molecule has 108 valence electrons. The van der Waals surface area contributed by atoms with Crippen LogP contribution in [0, 0.1) is 5.92 Å². The van der Waals surface area contributed by atoms with Gasteiger partial charge in [0, 0.05) is 12.1 Å². The lowest BCUT2D eigenvalue weighted by molar-refractivity contribution is -0.150. The van der Waals surface area contributed by atoms with Gasteiger partial charge in [-0.15, -0.1) is 0 Å². The van der Waals surface area contributed by atoms with Crippen molar-refractivity contribution in [2.45, 2.75) is 34.8 Å². The Bertz CT molecular complexity index is 506. The summed E-state index contributed by atoms with van der Waals surface area (Å²) >= 11 is 2.51. The van der Waals surface area contributed by atoms with Crippen LogP contribution in [0.25, 0.3) is 0 Å². The predicted molar refractivity (Wildman–Crippen MR) is 86.8 cm³/mol. The van der Waals surface area contributed by atoms with E-state index in [-0.39, 0.29) is 15.3 Å². The molecule has 4 heteroatoms. The first-order chi connectivity index (χ1) is 9.58. The first kappa shape index (κ1) is 14.3. The minimum absolute atomic E-state index is 0.0690. The monoisotopic (exact) mass is 385 g/mol. The van der Waals surface area contributed by atoms with E-state index in [1.54, 1.807) is 0 Å². The minimum Gasteiger partial charge on any atom is -0.469 e. The summed E-state index contributed by atoms with van der Waals surface area (Å²) in [5.41, 5.74) is 1.25. The second-order valence-electron chi connectivity index (χ2n) is 5.90. The first-order valence-electron chi connectivity index (χ1n) is 7.12. The molecule has 3 rings (SSSR count). The zero-order valence-electron chi connectivity index (χ0n) is 11.9. The molecule has 2 aliphatic heterocycles. The average Bonchev–Trinajstić information content (AvgIpc) is 2.72. The Kier molecular flexibility index (Phi) is 3.79. The van der Waals surface area contributed by atoms with Crippen LogP contribution in [0.2, 0.25) is 0 Å². The molecule has 2 bridgehead atoms. The number of carbonyl (C=O) groups is 1. The minimum atomic E-state index is -0.148. The van der Waals surface area contributed by atoms with Gasteiger partial charge in [-0.25, -0.2) is 0 Å². The Morgan fingerprint density at radius 1 is 1.35 bits per heavy atom. The van der Waals surface area contributed by atoms with E-state index in [4.69, 9.17) is 4.74 Å². The first-order valence-corrected chi connectivity index (χ1v) is 8.20. The third-order valence-electron chi connectivity index (χ3n) is 5.01. The van der Waals surface area contributed by atoms with Gasteiger partial charge in [-0.2, -0.15) is 0 Å². The number of esters is 1. The highest BCUT2D eigenvalue weighted by Gasteiger charge is 2.57. The molecule has 1 aromatic rings. The fourth-order valence-corrected chi connectivity index (χ4v) is 5.48.